The number of halogens is 2. The van der Waals surface area contributed by atoms with E-state index in [0.29, 0.717) is 18.7 Å². The van der Waals surface area contributed by atoms with E-state index < -0.39 is 20.5 Å². The quantitative estimate of drug-likeness (QED) is 0.702. The van der Waals surface area contributed by atoms with Crippen LogP contribution in [0.2, 0.25) is 0 Å². The first kappa shape index (κ1) is 17.5. The molecule has 0 aliphatic rings. The molecule has 21 heavy (non-hydrogen) atoms. The monoisotopic (exact) mass is 320 g/mol. The van der Waals surface area contributed by atoms with Crippen LogP contribution >= 0.6 is 0 Å². The highest BCUT2D eigenvalue weighted by atomic mass is 32.2. The predicted molar refractivity (Wildman–Crippen MR) is 74.6 cm³/mol. The Bertz CT molecular complexity index is 559. The van der Waals surface area contributed by atoms with Crippen LogP contribution in [0.1, 0.15) is 18.4 Å². The van der Waals surface area contributed by atoms with Gasteiger partial charge < -0.3 is 11.1 Å². The molecule has 1 aromatic rings. The van der Waals surface area contributed by atoms with E-state index in [1.807, 2.05) is 0 Å². The summed E-state index contributed by atoms with van der Waals surface area (Å²) in [6.07, 6.45) is 1.67. The second-order valence-corrected chi connectivity index (χ2v) is 6.39. The SMILES string of the molecule is NCCCCNC(=O)Cc1ccc(S(=O)(=O)C(F)F)cc1. The summed E-state index contributed by atoms with van der Waals surface area (Å²) in [5.41, 5.74) is 5.88. The molecule has 0 aliphatic heterocycles. The van der Waals surface area contributed by atoms with E-state index in [4.69, 9.17) is 5.73 Å². The molecule has 8 heteroatoms. The largest absolute Gasteiger partial charge is 0.356 e. The van der Waals surface area contributed by atoms with Gasteiger partial charge in [0.2, 0.25) is 15.7 Å². The molecule has 118 valence electrons. The number of unbranched alkanes of at least 4 members (excludes halogenated alkanes) is 1. The number of alkyl halides is 2. The average molecular weight is 320 g/mol. The van der Waals surface area contributed by atoms with Gasteiger partial charge in [0, 0.05) is 6.54 Å². The molecule has 0 saturated carbocycles. The normalized spacial score (nSPS) is 11.6. The van der Waals surface area contributed by atoms with Crippen LogP contribution < -0.4 is 11.1 Å². The van der Waals surface area contributed by atoms with Crippen LogP contribution in [0.15, 0.2) is 29.2 Å². The van der Waals surface area contributed by atoms with Crippen LogP contribution in [0.3, 0.4) is 0 Å². The standard InChI is InChI=1S/C13H18F2N2O3S/c14-13(15)21(19,20)11-5-3-10(4-6-11)9-12(18)17-8-2-1-7-16/h3-6,13H,1-2,7-9,16H2,(H,17,18). The Labute approximate surface area is 122 Å². The van der Waals surface area contributed by atoms with Crippen LogP contribution in [0, 0.1) is 0 Å². The summed E-state index contributed by atoms with van der Waals surface area (Å²) < 4.78 is 47.2. The molecule has 0 radical (unpaired) electrons. The zero-order valence-corrected chi connectivity index (χ0v) is 12.2. The maximum Gasteiger partial charge on any atom is 0.341 e. The lowest BCUT2D eigenvalue weighted by Crippen LogP contribution is -2.26. The smallest absolute Gasteiger partial charge is 0.341 e. The van der Waals surface area contributed by atoms with Gasteiger partial charge >= 0.3 is 5.76 Å². The Balaban J connectivity index is 2.57. The molecule has 1 rings (SSSR count). The van der Waals surface area contributed by atoms with Crippen molar-refractivity contribution in [2.24, 2.45) is 5.73 Å². The first-order chi connectivity index (χ1) is 9.87. The number of hydrogen-bond donors (Lipinski definition) is 2. The van der Waals surface area contributed by atoms with E-state index in [0.717, 1.165) is 25.0 Å². The zero-order valence-electron chi connectivity index (χ0n) is 11.4. The molecule has 0 bridgehead atoms. The van der Waals surface area contributed by atoms with E-state index in [9.17, 15) is 22.0 Å². The molecular weight excluding hydrogens is 302 g/mol. The second kappa shape index (κ2) is 8.04. The van der Waals surface area contributed by atoms with E-state index in [2.05, 4.69) is 5.32 Å². The van der Waals surface area contributed by atoms with Crippen LogP contribution in [0.4, 0.5) is 8.78 Å². The van der Waals surface area contributed by atoms with Gasteiger partial charge in [-0.15, -0.1) is 0 Å². The fourth-order valence-corrected chi connectivity index (χ4v) is 2.37. The third kappa shape index (κ3) is 5.39. The summed E-state index contributed by atoms with van der Waals surface area (Å²) in [4.78, 5) is 11.1. The topological polar surface area (TPSA) is 89.3 Å². The number of rotatable bonds is 8. The van der Waals surface area contributed by atoms with Crippen molar-refractivity contribution in [2.45, 2.75) is 29.9 Å². The van der Waals surface area contributed by atoms with Crippen molar-refractivity contribution in [1.29, 1.82) is 0 Å². The minimum atomic E-state index is -4.59. The van der Waals surface area contributed by atoms with Gasteiger partial charge in [0.1, 0.15) is 0 Å². The van der Waals surface area contributed by atoms with Gasteiger partial charge in [-0.05, 0) is 37.1 Å². The third-order valence-electron chi connectivity index (χ3n) is 2.80. The summed E-state index contributed by atoms with van der Waals surface area (Å²) in [6, 6.07) is 4.88. The van der Waals surface area contributed by atoms with Crippen LogP contribution in [0.5, 0.6) is 0 Å². The number of hydrogen-bond acceptors (Lipinski definition) is 4. The summed E-state index contributed by atoms with van der Waals surface area (Å²) in [5.74, 6) is -3.66. The maximum atomic E-state index is 12.4. The Kier molecular flexibility index (Phi) is 6.70. The highest BCUT2D eigenvalue weighted by Crippen LogP contribution is 2.18. The molecule has 0 atom stereocenters. The molecule has 0 saturated heterocycles. The van der Waals surface area contributed by atoms with E-state index in [1.54, 1.807) is 0 Å². The molecule has 1 amide bonds. The Hall–Kier alpha value is -1.54. The average Bonchev–Trinajstić information content (AvgIpc) is 2.44. The van der Waals surface area contributed by atoms with Crippen molar-refractivity contribution in [3.63, 3.8) is 0 Å². The van der Waals surface area contributed by atoms with E-state index in [-0.39, 0.29) is 12.3 Å². The van der Waals surface area contributed by atoms with Crippen LogP contribution in [0.25, 0.3) is 0 Å². The number of carbonyl (C=O) groups excluding carboxylic acids is 1. The van der Waals surface area contributed by atoms with Crippen molar-refractivity contribution >= 4 is 15.7 Å². The first-order valence-electron chi connectivity index (χ1n) is 6.45. The Morgan fingerprint density at radius 1 is 1.19 bits per heavy atom. The van der Waals surface area contributed by atoms with Crippen molar-refractivity contribution in [3.05, 3.63) is 29.8 Å². The summed E-state index contributed by atoms with van der Waals surface area (Å²) >= 11 is 0. The number of nitrogens with two attached hydrogens (primary N) is 1. The third-order valence-corrected chi connectivity index (χ3v) is 4.20. The molecule has 3 N–H and O–H groups in total. The lowest BCUT2D eigenvalue weighted by Gasteiger charge is -2.06. The van der Waals surface area contributed by atoms with Crippen molar-refractivity contribution in [3.8, 4) is 0 Å². The molecule has 5 nitrogen and oxygen atoms in total. The minimum absolute atomic E-state index is 0.0671. The number of amides is 1. The summed E-state index contributed by atoms with van der Waals surface area (Å²) in [7, 11) is -4.59. The van der Waals surface area contributed by atoms with Gasteiger partial charge in [0.25, 0.3) is 0 Å². The van der Waals surface area contributed by atoms with Crippen molar-refractivity contribution in [2.75, 3.05) is 13.1 Å². The Morgan fingerprint density at radius 2 is 1.81 bits per heavy atom. The van der Waals surface area contributed by atoms with Gasteiger partial charge in [-0.3, -0.25) is 4.79 Å². The molecule has 0 aromatic heterocycles. The van der Waals surface area contributed by atoms with Gasteiger partial charge in [-0.2, -0.15) is 8.78 Å². The molecule has 0 unspecified atom stereocenters. The molecule has 0 heterocycles. The minimum Gasteiger partial charge on any atom is -0.356 e. The highest BCUT2D eigenvalue weighted by Gasteiger charge is 2.26. The molecule has 0 spiro atoms. The number of sulfone groups is 1. The number of benzene rings is 1. The first-order valence-corrected chi connectivity index (χ1v) is 8.00. The van der Waals surface area contributed by atoms with Crippen molar-refractivity contribution in [1.82, 2.24) is 5.32 Å². The maximum absolute atomic E-state index is 12.4. The summed E-state index contributed by atoms with van der Waals surface area (Å²) in [6.45, 7) is 1.09. The lowest BCUT2D eigenvalue weighted by atomic mass is 10.1. The lowest BCUT2D eigenvalue weighted by molar-refractivity contribution is -0.120. The van der Waals surface area contributed by atoms with Crippen LogP contribution in [-0.2, 0) is 21.1 Å². The van der Waals surface area contributed by atoms with Gasteiger partial charge in [0.15, 0.2) is 0 Å². The Morgan fingerprint density at radius 3 is 2.33 bits per heavy atom. The van der Waals surface area contributed by atoms with Gasteiger partial charge in [-0.25, -0.2) is 8.42 Å². The fourth-order valence-electron chi connectivity index (χ4n) is 1.64. The highest BCUT2D eigenvalue weighted by molar-refractivity contribution is 7.91. The van der Waals surface area contributed by atoms with Gasteiger partial charge in [-0.1, -0.05) is 12.1 Å². The fraction of sp³-hybridized carbons (Fsp3) is 0.462. The molecule has 1 aromatic carbocycles. The van der Waals surface area contributed by atoms with Gasteiger partial charge in [0.05, 0.1) is 11.3 Å². The number of carbonyl (C=O) groups is 1. The van der Waals surface area contributed by atoms with Crippen LogP contribution in [-0.4, -0.2) is 33.2 Å². The summed E-state index contributed by atoms with van der Waals surface area (Å²) in [5, 5.41) is 2.70. The molecule has 0 aliphatic carbocycles. The second-order valence-electron chi connectivity index (χ2n) is 4.47. The molecule has 0 fully saturated rings. The molecular formula is C13H18F2N2O3S. The number of nitrogens with one attached hydrogen (secondary N) is 1. The van der Waals surface area contributed by atoms with E-state index >= 15 is 0 Å². The zero-order chi connectivity index (χ0) is 15.9. The van der Waals surface area contributed by atoms with E-state index in [1.165, 1.54) is 12.1 Å². The van der Waals surface area contributed by atoms with Crippen molar-refractivity contribution < 1.29 is 22.0 Å². The predicted octanol–water partition coefficient (Wildman–Crippen LogP) is 1.08.